The first-order chi connectivity index (χ1) is 14.8. The average molecular weight is 476 g/mol. The number of pyridine rings is 3. The van der Waals surface area contributed by atoms with Gasteiger partial charge in [0, 0.05) is 35.4 Å². The molecule has 146 valence electrons. The van der Waals surface area contributed by atoms with E-state index in [0.29, 0.717) is 11.6 Å². The van der Waals surface area contributed by atoms with E-state index in [1.807, 2.05) is 60.0 Å². The third kappa shape index (κ3) is 3.87. The molecule has 0 radical (unpaired) electrons. The predicted molar refractivity (Wildman–Crippen MR) is 122 cm³/mol. The van der Waals surface area contributed by atoms with Crippen LogP contribution < -0.4 is 10.1 Å². The SMILES string of the molecule is Brc1cnc(Nc2nc(-c3ccccn3)cs2)cc1Oc1cccc2ncccc12. The lowest BCUT2D eigenvalue weighted by Crippen LogP contribution is -1.95. The minimum Gasteiger partial charge on any atom is -0.455 e. The zero-order valence-electron chi connectivity index (χ0n) is 15.5. The second-order valence-corrected chi connectivity index (χ2v) is 8.02. The maximum Gasteiger partial charge on any atom is 0.188 e. The maximum atomic E-state index is 6.18. The molecule has 0 fully saturated rings. The summed E-state index contributed by atoms with van der Waals surface area (Å²) in [5.41, 5.74) is 2.53. The van der Waals surface area contributed by atoms with Gasteiger partial charge in [-0.25, -0.2) is 9.97 Å². The monoisotopic (exact) mass is 475 g/mol. The molecular weight excluding hydrogens is 462 g/mol. The number of nitrogens with one attached hydrogen (secondary N) is 1. The number of fused-ring (bicyclic) bond motifs is 1. The summed E-state index contributed by atoms with van der Waals surface area (Å²) >= 11 is 5.01. The fourth-order valence-electron chi connectivity index (χ4n) is 2.92. The van der Waals surface area contributed by atoms with Crippen molar-refractivity contribution >= 4 is 49.1 Å². The van der Waals surface area contributed by atoms with Gasteiger partial charge in [0.1, 0.15) is 23.0 Å². The molecule has 6 nitrogen and oxygen atoms in total. The summed E-state index contributed by atoms with van der Waals surface area (Å²) in [6, 6.07) is 17.3. The van der Waals surface area contributed by atoms with Gasteiger partial charge in [-0.05, 0) is 52.3 Å². The van der Waals surface area contributed by atoms with Crippen LogP contribution in [0.4, 0.5) is 10.9 Å². The van der Waals surface area contributed by atoms with Crippen LogP contribution in [0.15, 0.2) is 83.0 Å². The van der Waals surface area contributed by atoms with Crippen molar-refractivity contribution < 1.29 is 4.74 Å². The molecule has 0 amide bonds. The van der Waals surface area contributed by atoms with Crippen molar-refractivity contribution in [3.8, 4) is 22.9 Å². The molecule has 1 N–H and O–H groups in total. The number of halogens is 1. The second kappa shape index (κ2) is 8.17. The summed E-state index contributed by atoms with van der Waals surface area (Å²) in [6.07, 6.45) is 5.22. The quantitative estimate of drug-likeness (QED) is 0.315. The van der Waals surface area contributed by atoms with Crippen LogP contribution in [0, 0.1) is 0 Å². The largest absolute Gasteiger partial charge is 0.455 e. The zero-order valence-corrected chi connectivity index (χ0v) is 17.9. The summed E-state index contributed by atoms with van der Waals surface area (Å²) in [7, 11) is 0. The minimum atomic E-state index is 0.633. The number of hydrogen-bond donors (Lipinski definition) is 1. The van der Waals surface area contributed by atoms with Gasteiger partial charge >= 0.3 is 0 Å². The van der Waals surface area contributed by atoms with Crippen LogP contribution in [0.3, 0.4) is 0 Å². The molecule has 5 rings (SSSR count). The van der Waals surface area contributed by atoms with Gasteiger partial charge < -0.3 is 10.1 Å². The number of benzene rings is 1. The molecule has 0 aliphatic rings. The van der Waals surface area contributed by atoms with Crippen molar-refractivity contribution in [3.05, 3.63) is 83.0 Å². The lowest BCUT2D eigenvalue weighted by molar-refractivity contribution is 0.484. The van der Waals surface area contributed by atoms with E-state index in [1.165, 1.54) is 11.3 Å². The van der Waals surface area contributed by atoms with Gasteiger partial charge in [-0.2, -0.15) is 0 Å². The van der Waals surface area contributed by atoms with Gasteiger partial charge in [-0.3, -0.25) is 9.97 Å². The highest BCUT2D eigenvalue weighted by molar-refractivity contribution is 9.10. The normalized spacial score (nSPS) is 10.8. The number of ether oxygens (including phenoxy) is 1. The highest BCUT2D eigenvalue weighted by Crippen LogP contribution is 2.35. The van der Waals surface area contributed by atoms with Crippen LogP contribution >= 0.6 is 27.3 Å². The Morgan fingerprint density at radius 1 is 0.867 bits per heavy atom. The molecule has 30 heavy (non-hydrogen) atoms. The van der Waals surface area contributed by atoms with Crippen LogP contribution in [0.1, 0.15) is 0 Å². The summed E-state index contributed by atoms with van der Waals surface area (Å²) in [6.45, 7) is 0. The Morgan fingerprint density at radius 2 is 1.80 bits per heavy atom. The standard InChI is InChI=1S/C22H14BrN5OS/c23-15-12-26-21(28-22-27-18(13-30-22)17-6-1-2-9-25-17)11-20(15)29-19-8-3-7-16-14(19)5-4-10-24-16/h1-13H,(H,26,27,28). The van der Waals surface area contributed by atoms with E-state index < -0.39 is 0 Å². The first-order valence-corrected chi connectivity index (χ1v) is 10.7. The van der Waals surface area contributed by atoms with Crippen LogP contribution in [0.2, 0.25) is 0 Å². The van der Waals surface area contributed by atoms with E-state index in [2.05, 4.69) is 41.2 Å². The number of nitrogens with zero attached hydrogens (tertiary/aromatic N) is 4. The van der Waals surface area contributed by atoms with Crippen LogP contribution in [-0.2, 0) is 0 Å². The van der Waals surface area contributed by atoms with Crippen molar-refractivity contribution in [1.82, 2.24) is 19.9 Å². The molecule has 5 aromatic rings. The minimum absolute atomic E-state index is 0.633. The molecule has 0 saturated carbocycles. The number of thiazole rings is 1. The van der Waals surface area contributed by atoms with Crippen LogP contribution in [-0.4, -0.2) is 19.9 Å². The number of hydrogen-bond acceptors (Lipinski definition) is 7. The lowest BCUT2D eigenvalue weighted by Gasteiger charge is -2.11. The van der Waals surface area contributed by atoms with Gasteiger partial charge in [-0.15, -0.1) is 11.3 Å². The van der Waals surface area contributed by atoms with Gasteiger partial charge in [0.25, 0.3) is 0 Å². The Balaban J connectivity index is 1.41. The van der Waals surface area contributed by atoms with Crippen molar-refractivity contribution in [3.63, 3.8) is 0 Å². The molecule has 4 heterocycles. The highest BCUT2D eigenvalue weighted by Gasteiger charge is 2.11. The highest BCUT2D eigenvalue weighted by atomic mass is 79.9. The van der Waals surface area contributed by atoms with Gasteiger partial charge in [0.2, 0.25) is 0 Å². The number of aromatic nitrogens is 4. The fourth-order valence-corrected chi connectivity index (χ4v) is 3.93. The first kappa shape index (κ1) is 18.7. The number of anilines is 2. The van der Waals surface area contributed by atoms with Crippen LogP contribution in [0.5, 0.6) is 11.5 Å². The molecule has 0 spiro atoms. The molecule has 8 heteroatoms. The van der Waals surface area contributed by atoms with Gasteiger partial charge in [0.15, 0.2) is 5.13 Å². The van der Waals surface area contributed by atoms with Crippen molar-refractivity contribution in [2.24, 2.45) is 0 Å². The van der Waals surface area contributed by atoms with Crippen LogP contribution in [0.25, 0.3) is 22.3 Å². The molecule has 4 aromatic heterocycles. The Morgan fingerprint density at radius 3 is 2.70 bits per heavy atom. The zero-order chi connectivity index (χ0) is 20.3. The van der Waals surface area contributed by atoms with Gasteiger partial charge in [-0.1, -0.05) is 12.1 Å². The van der Waals surface area contributed by atoms with E-state index in [1.54, 1.807) is 18.6 Å². The van der Waals surface area contributed by atoms with E-state index in [4.69, 9.17) is 4.74 Å². The molecule has 0 aliphatic carbocycles. The van der Waals surface area contributed by atoms with E-state index in [0.717, 1.165) is 37.6 Å². The first-order valence-electron chi connectivity index (χ1n) is 9.07. The summed E-state index contributed by atoms with van der Waals surface area (Å²) in [4.78, 5) is 17.7. The van der Waals surface area contributed by atoms with Crippen molar-refractivity contribution in [2.45, 2.75) is 0 Å². The molecular formula is C22H14BrN5OS. The third-order valence-electron chi connectivity index (χ3n) is 4.31. The number of rotatable bonds is 5. The summed E-state index contributed by atoms with van der Waals surface area (Å²) in [5.74, 6) is 2.00. The molecule has 0 saturated heterocycles. The van der Waals surface area contributed by atoms with Crippen molar-refractivity contribution in [2.75, 3.05) is 5.32 Å². The smallest absolute Gasteiger partial charge is 0.188 e. The van der Waals surface area contributed by atoms with Gasteiger partial charge in [0.05, 0.1) is 15.7 Å². The predicted octanol–water partition coefficient (Wildman–Crippen LogP) is 6.45. The average Bonchev–Trinajstić information content (AvgIpc) is 3.25. The van der Waals surface area contributed by atoms with E-state index >= 15 is 0 Å². The second-order valence-electron chi connectivity index (χ2n) is 6.31. The van der Waals surface area contributed by atoms with E-state index in [-0.39, 0.29) is 0 Å². The topological polar surface area (TPSA) is 72.8 Å². The summed E-state index contributed by atoms with van der Waals surface area (Å²) < 4.78 is 6.93. The lowest BCUT2D eigenvalue weighted by atomic mass is 10.2. The Kier molecular flexibility index (Phi) is 5.08. The Bertz CT molecular complexity index is 1320. The molecule has 0 bridgehead atoms. The summed E-state index contributed by atoms with van der Waals surface area (Å²) in [5, 5.41) is 6.87. The van der Waals surface area contributed by atoms with Crippen molar-refractivity contribution in [1.29, 1.82) is 0 Å². The van der Waals surface area contributed by atoms with E-state index in [9.17, 15) is 0 Å². The molecule has 0 aliphatic heterocycles. The fraction of sp³-hybridized carbons (Fsp3) is 0. The Hall–Kier alpha value is -3.36. The molecule has 1 aromatic carbocycles. The molecule has 0 unspecified atom stereocenters. The third-order valence-corrected chi connectivity index (χ3v) is 5.67. The Labute approximate surface area is 184 Å². The molecule has 0 atom stereocenters. The maximum absolute atomic E-state index is 6.18.